The molecule has 1 fully saturated rings. The van der Waals surface area contributed by atoms with E-state index in [-0.39, 0.29) is 12.4 Å². The van der Waals surface area contributed by atoms with Gasteiger partial charge in [-0.15, -0.1) is 12.4 Å². The second kappa shape index (κ2) is 9.30. The van der Waals surface area contributed by atoms with Crippen LogP contribution in [0.5, 0.6) is 5.75 Å². The highest BCUT2D eigenvalue weighted by atomic mass is 35.5. The van der Waals surface area contributed by atoms with Crippen molar-refractivity contribution in [2.75, 3.05) is 38.7 Å². The van der Waals surface area contributed by atoms with Crippen molar-refractivity contribution in [2.24, 2.45) is 0 Å². The van der Waals surface area contributed by atoms with E-state index in [1.165, 1.54) is 5.56 Å². The monoisotopic (exact) mass is 341 g/mol. The molecule has 1 aromatic heterocycles. The fourth-order valence-electron chi connectivity index (χ4n) is 3.20. The molecule has 0 radical (unpaired) electrons. The van der Waals surface area contributed by atoms with E-state index >= 15 is 0 Å². The maximum Gasteiger partial charge on any atom is 0.133 e. The van der Waals surface area contributed by atoms with Crippen molar-refractivity contribution in [1.82, 2.24) is 10.3 Å². The molecule has 0 saturated carbocycles. The van der Waals surface area contributed by atoms with E-state index < -0.39 is 0 Å². The van der Waals surface area contributed by atoms with Gasteiger partial charge < -0.3 is 20.1 Å². The second-order valence-electron chi connectivity index (χ2n) is 6.12. The molecule has 1 aromatic rings. The second-order valence-corrected chi connectivity index (χ2v) is 6.12. The average molecular weight is 342 g/mol. The summed E-state index contributed by atoms with van der Waals surface area (Å²) in [7, 11) is 1.75. The highest BCUT2D eigenvalue weighted by molar-refractivity contribution is 5.85. The van der Waals surface area contributed by atoms with Gasteiger partial charge in [0.2, 0.25) is 0 Å². The summed E-state index contributed by atoms with van der Waals surface area (Å²) in [5.74, 6) is 2.01. The van der Waals surface area contributed by atoms with Crippen LogP contribution in [0.25, 0.3) is 0 Å². The van der Waals surface area contributed by atoms with Crippen LogP contribution in [0, 0.1) is 0 Å². The van der Waals surface area contributed by atoms with Gasteiger partial charge in [0.15, 0.2) is 0 Å². The highest BCUT2D eigenvalue weighted by Crippen LogP contribution is 2.30. The Morgan fingerprint density at radius 2 is 2.22 bits per heavy atom. The molecule has 130 valence electrons. The van der Waals surface area contributed by atoms with Crippen LogP contribution in [-0.2, 0) is 17.6 Å². The van der Waals surface area contributed by atoms with Gasteiger partial charge in [0, 0.05) is 37.0 Å². The molecule has 3 rings (SSSR count). The number of unbranched alkanes of at least 4 members (excludes halogenated alkanes) is 1. The van der Waals surface area contributed by atoms with Crippen molar-refractivity contribution < 1.29 is 9.47 Å². The Balaban J connectivity index is 0.00000192. The van der Waals surface area contributed by atoms with E-state index in [9.17, 15) is 0 Å². The third kappa shape index (κ3) is 4.96. The van der Waals surface area contributed by atoms with Gasteiger partial charge in [0.1, 0.15) is 11.6 Å². The Hall–Kier alpha value is -1.04. The molecule has 0 aliphatic carbocycles. The maximum absolute atomic E-state index is 5.86. The first-order valence-corrected chi connectivity index (χ1v) is 8.50. The van der Waals surface area contributed by atoms with Crippen LogP contribution < -0.4 is 15.4 Å². The van der Waals surface area contributed by atoms with Gasteiger partial charge in [-0.1, -0.05) is 0 Å². The van der Waals surface area contributed by atoms with Crippen LogP contribution in [0.3, 0.4) is 0 Å². The van der Waals surface area contributed by atoms with E-state index in [4.69, 9.17) is 14.5 Å². The lowest BCUT2D eigenvalue weighted by molar-refractivity contribution is 0.0645. The topological polar surface area (TPSA) is 55.4 Å². The molecule has 5 nitrogen and oxygen atoms in total. The zero-order valence-corrected chi connectivity index (χ0v) is 14.7. The fourth-order valence-corrected chi connectivity index (χ4v) is 3.20. The Morgan fingerprint density at radius 3 is 3.00 bits per heavy atom. The summed E-state index contributed by atoms with van der Waals surface area (Å²) in [5.41, 5.74) is 2.35. The summed E-state index contributed by atoms with van der Waals surface area (Å²) in [5, 5.41) is 6.72. The molecule has 0 spiro atoms. The number of rotatable bonds is 7. The lowest BCUT2D eigenvalue weighted by Crippen LogP contribution is -2.17. The number of fused-ring (bicyclic) bond motifs is 1. The van der Waals surface area contributed by atoms with Crippen molar-refractivity contribution in [2.45, 2.75) is 44.6 Å². The van der Waals surface area contributed by atoms with E-state index in [0.717, 1.165) is 82.0 Å². The summed E-state index contributed by atoms with van der Waals surface area (Å²) >= 11 is 0. The molecule has 3 heterocycles. The summed E-state index contributed by atoms with van der Waals surface area (Å²) in [6.07, 6.45) is 6.96. The number of nitrogens with zero attached hydrogens (tertiary/aromatic N) is 1. The van der Waals surface area contributed by atoms with Gasteiger partial charge in [-0.2, -0.15) is 0 Å². The number of aromatic nitrogens is 1. The maximum atomic E-state index is 5.86. The van der Waals surface area contributed by atoms with Crippen LogP contribution in [0.15, 0.2) is 6.07 Å². The first-order chi connectivity index (χ1) is 10.9. The summed E-state index contributed by atoms with van der Waals surface area (Å²) in [6, 6.07) is 2.10. The van der Waals surface area contributed by atoms with Crippen LogP contribution in [-0.4, -0.2) is 44.4 Å². The molecule has 1 saturated heterocycles. The molecule has 2 aliphatic rings. The van der Waals surface area contributed by atoms with Gasteiger partial charge in [0.05, 0.1) is 13.2 Å². The largest absolute Gasteiger partial charge is 0.496 e. The predicted molar refractivity (Wildman–Crippen MR) is 95.0 cm³/mol. The minimum absolute atomic E-state index is 0. The van der Waals surface area contributed by atoms with Gasteiger partial charge >= 0.3 is 0 Å². The van der Waals surface area contributed by atoms with E-state index in [1.807, 2.05) is 0 Å². The van der Waals surface area contributed by atoms with E-state index in [2.05, 4.69) is 16.7 Å². The number of hydrogen-bond donors (Lipinski definition) is 2. The third-order valence-corrected chi connectivity index (χ3v) is 4.45. The minimum atomic E-state index is 0. The Morgan fingerprint density at radius 1 is 1.30 bits per heavy atom. The van der Waals surface area contributed by atoms with Crippen molar-refractivity contribution in [1.29, 1.82) is 0 Å². The molecule has 0 aromatic carbocycles. The van der Waals surface area contributed by atoms with Crippen molar-refractivity contribution in [3.8, 4) is 5.75 Å². The summed E-state index contributed by atoms with van der Waals surface area (Å²) in [6.45, 7) is 3.97. The number of nitrogens with one attached hydrogen (secondary N) is 2. The number of methoxy groups -OCH3 is 1. The molecule has 0 bridgehead atoms. The summed E-state index contributed by atoms with van der Waals surface area (Å²) < 4.78 is 11.4. The van der Waals surface area contributed by atoms with Crippen LogP contribution in [0.4, 0.5) is 5.82 Å². The highest BCUT2D eigenvalue weighted by Gasteiger charge is 2.17. The zero-order chi connectivity index (χ0) is 15.2. The van der Waals surface area contributed by atoms with E-state index in [0.29, 0.717) is 6.10 Å². The number of anilines is 1. The Kier molecular flexibility index (Phi) is 7.40. The lowest BCUT2D eigenvalue weighted by atomic mass is 10.0. The Bertz CT molecular complexity index is 476. The molecule has 6 heteroatoms. The first-order valence-electron chi connectivity index (χ1n) is 8.50. The quantitative estimate of drug-likeness (QED) is 0.746. The predicted octanol–water partition coefficient (Wildman–Crippen LogP) is 2.57. The van der Waals surface area contributed by atoms with Crippen molar-refractivity contribution >= 4 is 18.2 Å². The molecule has 0 amide bonds. The first kappa shape index (κ1) is 18.3. The number of hydrogen-bond acceptors (Lipinski definition) is 5. The molecular formula is C17H28ClN3O2. The van der Waals surface area contributed by atoms with Crippen LogP contribution in [0.2, 0.25) is 0 Å². The van der Waals surface area contributed by atoms with Crippen molar-refractivity contribution in [3.63, 3.8) is 0 Å². The molecular weight excluding hydrogens is 314 g/mol. The summed E-state index contributed by atoms with van der Waals surface area (Å²) in [4.78, 5) is 4.76. The standard InChI is InChI=1S/C17H27N3O2.ClH/c1-21-16-11-13(20-17-15(16)6-4-8-19-17)5-2-3-10-22-14-7-9-18-12-14;/h11,14,18H,2-10,12H2,1H3,(H,19,20);1H/t14-;/m1./s1. The normalized spacial score (nSPS) is 19.6. The van der Waals surface area contributed by atoms with Crippen molar-refractivity contribution in [3.05, 3.63) is 17.3 Å². The molecule has 2 N–H and O–H groups in total. The number of pyridine rings is 1. The number of aryl methyl sites for hydroxylation is 1. The lowest BCUT2D eigenvalue weighted by Gasteiger charge is -2.20. The van der Waals surface area contributed by atoms with Gasteiger partial charge in [-0.3, -0.25) is 0 Å². The third-order valence-electron chi connectivity index (χ3n) is 4.45. The van der Waals surface area contributed by atoms with Crippen LogP contribution >= 0.6 is 12.4 Å². The number of halogens is 1. The van der Waals surface area contributed by atoms with Gasteiger partial charge in [-0.25, -0.2) is 4.98 Å². The minimum Gasteiger partial charge on any atom is -0.496 e. The fraction of sp³-hybridized carbons (Fsp3) is 0.706. The molecule has 2 aliphatic heterocycles. The zero-order valence-electron chi connectivity index (χ0n) is 13.9. The van der Waals surface area contributed by atoms with Gasteiger partial charge in [-0.05, 0) is 45.1 Å². The van der Waals surface area contributed by atoms with Crippen LogP contribution in [0.1, 0.15) is 36.9 Å². The molecule has 1 atom stereocenters. The molecule has 23 heavy (non-hydrogen) atoms. The Labute approximate surface area is 144 Å². The molecule has 0 unspecified atom stereocenters. The smallest absolute Gasteiger partial charge is 0.133 e. The van der Waals surface area contributed by atoms with E-state index in [1.54, 1.807) is 7.11 Å². The number of ether oxygens (including phenoxy) is 2. The van der Waals surface area contributed by atoms with Gasteiger partial charge in [0.25, 0.3) is 0 Å². The average Bonchev–Trinajstić information content (AvgIpc) is 3.07. The SMILES string of the molecule is COc1cc(CCCCO[C@@H]2CCNC2)nc2c1CCCN2.Cl.